The second kappa shape index (κ2) is 4.99. The van der Waals surface area contributed by atoms with E-state index in [4.69, 9.17) is 0 Å². The molecule has 0 spiro atoms. The monoisotopic (exact) mass is 328 g/mol. The summed E-state index contributed by atoms with van der Waals surface area (Å²) in [5.74, 6) is -9.24. The van der Waals surface area contributed by atoms with E-state index in [0.717, 1.165) is 0 Å². The van der Waals surface area contributed by atoms with Crippen LogP contribution in [0.5, 0.6) is 0 Å². The van der Waals surface area contributed by atoms with Crippen molar-refractivity contribution in [1.29, 1.82) is 0 Å². The summed E-state index contributed by atoms with van der Waals surface area (Å²) < 4.78 is 108. The zero-order valence-corrected chi connectivity index (χ0v) is 9.45. The van der Waals surface area contributed by atoms with Crippen LogP contribution in [-0.2, 0) is 0 Å². The maximum atomic E-state index is 13.2. The van der Waals surface area contributed by atoms with E-state index in [1.165, 1.54) is 0 Å². The quantitative estimate of drug-likeness (QED) is 0.493. The third-order valence-electron chi connectivity index (χ3n) is 1.74. The average Bonchev–Trinajstić information content (AvgIpc) is 2.09. The fourth-order valence-electron chi connectivity index (χ4n) is 0.966. The molecule has 0 aromatic rings. The van der Waals surface area contributed by atoms with Crippen LogP contribution >= 0.6 is 23.2 Å². The van der Waals surface area contributed by atoms with E-state index in [9.17, 15) is 39.5 Å². The summed E-state index contributed by atoms with van der Waals surface area (Å²) in [5, 5.41) is 0. The molecule has 0 aliphatic carbocycles. The Morgan fingerprint density at radius 3 is 1.56 bits per heavy atom. The number of hydrogen-bond acceptors (Lipinski definition) is 0. The molecule has 0 saturated heterocycles. The topological polar surface area (TPSA) is 0 Å². The van der Waals surface area contributed by atoms with Crippen LogP contribution in [0.15, 0.2) is 12.2 Å². The van der Waals surface area contributed by atoms with Crippen LogP contribution in [0.4, 0.5) is 39.5 Å². The van der Waals surface area contributed by atoms with E-state index in [2.05, 4.69) is 23.2 Å². The molecule has 0 aliphatic rings. The van der Waals surface area contributed by atoms with Crippen molar-refractivity contribution in [3.63, 3.8) is 0 Å². The maximum absolute atomic E-state index is 13.2. The first-order valence-electron chi connectivity index (χ1n) is 3.85. The van der Waals surface area contributed by atoms with Crippen molar-refractivity contribution in [2.75, 3.05) is 0 Å². The third kappa shape index (κ3) is 3.37. The molecular formula is C7H3Cl2F9. The van der Waals surface area contributed by atoms with Crippen molar-refractivity contribution in [3.8, 4) is 0 Å². The normalized spacial score (nSPS) is 18.7. The fourth-order valence-corrected chi connectivity index (χ4v) is 1.30. The lowest BCUT2D eigenvalue weighted by atomic mass is 9.93. The van der Waals surface area contributed by atoms with E-state index in [1.54, 1.807) is 0 Å². The molecule has 0 heterocycles. The summed E-state index contributed by atoms with van der Waals surface area (Å²) in [6.45, 7) is 0. The van der Waals surface area contributed by atoms with Crippen molar-refractivity contribution < 1.29 is 39.5 Å². The van der Waals surface area contributed by atoms with Crippen LogP contribution < -0.4 is 0 Å². The summed E-state index contributed by atoms with van der Waals surface area (Å²) in [5.41, 5.74) is -6.07. The van der Waals surface area contributed by atoms with Gasteiger partial charge in [-0.05, 0) is 0 Å². The third-order valence-corrected chi connectivity index (χ3v) is 2.01. The smallest absolute Gasteiger partial charge is 0.219 e. The molecule has 0 nitrogen and oxygen atoms in total. The zero-order chi connectivity index (χ0) is 15.0. The van der Waals surface area contributed by atoms with Crippen molar-refractivity contribution in [3.05, 3.63) is 12.2 Å². The molecule has 0 N–H and O–H groups in total. The predicted octanol–water partition coefficient (Wildman–Crippen LogP) is 5.16. The fraction of sp³-hybridized carbons (Fsp3) is 0.714. The molecule has 1 unspecified atom stereocenters. The molecule has 1 atom stereocenters. The lowest BCUT2D eigenvalue weighted by Gasteiger charge is -2.34. The molecule has 0 fully saturated rings. The Hall–Kier alpha value is -0.310. The second-order valence-electron chi connectivity index (χ2n) is 3.11. The molecule has 0 aromatic heterocycles. The van der Waals surface area contributed by atoms with Crippen LogP contribution in [0.1, 0.15) is 6.42 Å². The van der Waals surface area contributed by atoms with Gasteiger partial charge in [0.05, 0.1) is 6.42 Å². The molecule has 0 bridgehead atoms. The molecule has 0 saturated carbocycles. The second-order valence-corrected chi connectivity index (χ2v) is 4.50. The van der Waals surface area contributed by atoms with E-state index < -0.39 is 40.9 Å². The van der Waals surface area contributed by atoms with Gasteiger partial charge in [0.1, 0.15) is 6.33 Å². The Morgan fingerprint density at radius 2 is 1.33 bits per heavy atom. The number of hydrogen-bond donors (Lipinski definition) is 0. The average molecular weight is 329 g/mol. The van der Waals surface area contributed by atoms with Gasteiger partial charge in [0, 0.05) is 0 Å². The first-order chi connectivity index (χ1) is 7.69. The lowest BCUT2D eigenvalue weighted by Crippen LogP contribution is -2.57. The highest BCUT2D eigenvalue weighted by Gasteiger charge is 2.75. The van der Waals surface area contributed by atoms with Crippen molar-refractivity contribution >= 4 is 23.2 Å². The van der Waals surface area contributed by atoms with Crippen molar-refractivity contribution in [2.45, 2.75) is 28.8 Å². The van der Waals surface area contributed by atoms with Gasteiger partial charge in [-0.25, -0.2) is 26.3 Å². The summed E-state index contributed by atoms with van der Waals surface area (Å²) in [4.78, 5) is 0. The van der Waals surface area contributed by atoms with Gasteiger partial charge in [0.2, 0.25) is 0 Å². The van der Waals surface area contributed by atoms with Crippen LogP contribution in [-0.4, -0.2) is 22.4 Å². The molecule has 0 radical (unpaired) electrons. The molecule has 0 aromatic carbocycles. The van der Waals surface area contributed by atoms with Crippen LogP contribution in [0, 0.1) is 0 Å². The Kier molecular flexibility index (Phi) is 4.91. The maximum Gasteiger partial charge on any atom is 0.435 e. The van der Waals surface area contributed by atoms with E-state index in [0.29, 0.717) is 0 Å². The molecule has 0 aliphatic heterocycles. The first kappa shape index (κ1) is 17.7. The van der Waals surface area contributed by atoms with Crippen LogP contribution in [0.3, 0.4) is 0 Å². The number of allylic oxidation sites excluding steroid dienone is 1. The number of rotatable bonds is 4. The van der Waals surface area contributed by atoms with E-state index in [1.807, 2.05) is 0 Å². The predicted molar refractivity (Wildman–Crippen MR) is 45.3 cm³/mol. The molecule has 108 valence electrons. The van der Waals surface area contributed by atoms with Gasteiger partial charge in [-0.2, -0.15) is 13.2 Å². The lowest BCUT2D eigenvalue weighted by molar-refractivity contribution is -0.295. The van der Waals surface area contributed by atoms with Crippen molar-refractivity contribution in [2.24, 2.45) is 0 Å². The van der Waals surface area contributed by atoms with Gasteiger partial charge < -0.3 is 0 Å². The standard InChI is InChI=1S/C7H3Cl2F9/c8-5(9,14)2-4(12,13)6(15,3(11)1-10)7(16,17)18/h1H,2H2. The Labute approximate surface area is 104 Å². The summed E-state index contributed by atoms with van der Waals surface area (Å²) in [6, 6.07) is 0. The van der Waals surface area contributed by atoms with E-state index in [-0.39, 0.29) is 0 Å². The highest BCUT2D eigenvalue weighted by atomic mass is 35.5. The molecule has 0 amide bonds. The van der Waals surface area contributed by atoms with E-state index >= 15 is 0 Å². The van der Waals surface area contributed by atoms with Crippen LogP contribution in [0.2, 0.25) is 0 Å². The SMILES string of the molecule is FC=C(F)C(F)(C(F)(F)F)C(F)(F)CC(F)(Cl)Cl. The Morgan fingerprint density at radius 1 is 0.944 bits per heavy atom. The minimum absolute atomic E-state index is 1.65. The largest absolute Gasteiger partial charge is 0.435 e. The van der Waals surface area contributed by atoms with Gasteiger partial charge in [0.25, 0.3) is 4.59 Å². The zero-order valence-electron chi connectivity index (χ0n) is 7.94. The van der Waals surface area contributed by atoms with Gasteiger partial charge >= 0.3 is 17.8 Å². The highest BCUT2D eigenvalue weighted by Crippen LogP contribution is 2.54. The van der Waals surface area contributed by atoms with Crippen molar-refractivity contribution in [1.82, 2.24) is 0 Å². The van der Waals surface area contributed by atoms with Gasteiger partial charge in [-0.15, -0.1) is 0 Å². The van der Waals surface area contributed by atoms with Gasteiger partial charge in [-0.3, -0.25) is 0 Å². The molecule has 0 rings (SSSR count). The van der Waals surface area contributed by atoms with Gasteiger partial charge in [0.15, 0.2) is 5.83 Å². The number of halogens is 11. The Bertz CT molecular complexity index is 329. The molecule has 18 heavy (non-hydrogen) atoms. The number of alkyl halides is 9. The summed E-state index contributed by atoms with van der Waals surface area (Å²) in [7, 11) is 0. The summed E-state index contributed by atoms with van der Waals surface area (Å²) >= 11 is 8.74. The minimum Gasteiger partial charge on any atom is -0.219 e. The first-order valence-corrected chi connectivity index (χ1v) is 4.61. The van der Waals surface area contributed by atoms with Gasteiger partial charge in [-0.1, -0.05) is 23.2 Å². The Balaban J connectivity index is 5.76. The highest BCUT2D eigenvalue weighted by molar-refractivity contribution is 6.47. The minimum atomic E-state index is -6.55. The van der Waals surface area contributed by atoms with Crippen LogP contribution in [0.25, 0.3) is 0 Å². The summed E-state index contributed by atoms with van der Waals surface area (Å²) in [6.07, 6.45) is -10.9. The molecular weight excluding hydrogens is 326 g/mol. The molecule has 11 heteroatoms.